The minimum absolute atomic E-state index is 0.127. The third-order valence-electron chi connectivity index (χ3n) is 3.99. The van der Waals surface area contributed by atoms with Gasteiger partial charge in [-0.25, -0.2) is 0 Å². The maximum Gasteiger partial charge on any atom is 0.305 e. The molecule has 1 N–H and O–H groups in total. The van der Waals surface area contributed by atoms with Gasteiger partial charge in [0.05, 0.1) is 6.61 Å². The number of ether oxygens (including phenoxy) is 1. The third-order valence-corrected chi connectivity index (χ3v) is 4.58. The zero-order valence-electron chi connectivity index (χ0n) is 15.0. The second kappa shape index (κ2) is 11.6. The molecule has 0 aromatic heterocycles. The predicted octanol–water partition coefficient (Wildman–Crippen LogP) is 4.96. The van der Waals surface area contributed by atoms with E-state index in [1.54, 1.807) is 18.2 Å². The molecule has 2 rings (SSSR count). The predicted molar refractivity (Wildman–Crippen MR) is 108 cm³/mol. The molecular formula is C21H23Cl2NO3. The van der Waals surface area contributed by atoms with Crippen molar-refractivity contribution in [2.75, 3.05) is 6.61 Å². The molecule has 0 unspecified atom stereocenters. The largest absolute Gasteiger partial charge is 0.466 e. The Labute approximate surface area is 169 Å². The number of halogens is 2. The fourth-order valence-electron chi connectivity index (χ4n) is 2.52. The first-order valence-corrected chi connectivity index (χ1v) is 9.70. The first-order chi connectivity index (χ1) is 13.0. The van der Waals surface area contributed by atoms with Crippen LogP contribution >= 0.6 is 23.2 Å². The van der Waals surface area contributed by atoms with Crippen LogP contribution in [0.25, 0.3) is 0 Å². The molecule has 0 radical (unpaired) electrons. The van der Waals surface area contributed by atoms with Crippen LogP contribution in [0.4, 0.5) is 0 Å². The number of rotatable bonds is 10. The molecule has 1 amide bonds. The van der Waals surface area contributed by atoms with Crippen LogP contribution in [-0.4, -0.2) is 18.5 Å². The lowest BCUT2D eigenvalue weighted by Crippen LogP contribution is -2.22. The second-order valence-corrected chi connectivity index (χ2v) is 7.02. The van der Waals surface area contributed by atoms with E-state index in [0.29, 0.717) is 29.6 Å². The topological polar surface area (TPSA) is 55.4 Å². The lowest BCUT2D eigenvalue weighted by atomic mass is 10.1. The lowest BCUT2D eigenvalue weighted by molar-refractivity contribution is -0.143. The third kappa shape index (κ3) is 8.46. The van der Waals surface area contributed by atoms with Gasteiger partial charge in [0, 0.05) is 29.4 Å². The molecule has 0 aliphatic rings. The standard InChI is InChI=1S/C21H23Cl2NO3/c22-18-12-11-17(19(23)14-18)15-24-20(25)9-4-10-21(26)27-13-5-8-16-6-2-1-3-7-16/h1-3,6-7,11-12,14H,4-5,8-10,13,15H2,(H,24,25). The fraction of sp³-hybridized carbons (Fsp3) is 0.333. The van der Waals surface area contributed by atoms with Crippen LogP contribution in [0.2, 0.25) is 10.0 Å². The minimum atomic E-state index is -0.267. The number of benzene rings is 2. The number of amides is 1. The van der Waals surface area contributed by atoms with Crippen molar-refractivity contribution in [1.82, 2.24) is 5.32 Å². The van der Waals surface area contributed by atoms with Gasteiger partial charge in [-0.05, 0) is 42.5 Å². The van der Waals surface area contributed by atoms with E-state index < -0.39 is 0 Å². The number of hydrogen-bond donors (Lipinski definition) is 1. The summed E-state index contributed by atoms with van der Waals surface area (Å²) in [4.78, 5) is 23.6. The van der Waals surface area contributed by atoms with Gasteiger partial charge in [-0.15, -0.1) is 0 Å². The average molecular weight is 408 g/mol. The zero-order chi connectivity index (χ0) is 19.5. The van der Waals surface area contributed by atoms with Crippen molar-refractivity contribution >= 4 is 35.1 Å². The highest BCUT2D eigenvalue weighted by molar-refractivity contribution is 6.35. The number of carbonyl (C=O) groups is 2. The fourth-order valence-corrected chi connectivity index (χ4v) is 2.99. The first-order valence-electron chi connectivity index (χ1n) is 8.95. The normalized spacial score (nSPS) is 10.4. The summed E-state index contributed by atoms with van der Waals surface area (Å²) in [6.07, 6.45) is 2.63. The molecule has 0 spiro atoms. The highest BCUT2D eigenvalue weighted by Crippen LogP contribution is 2.20. The van der Waals surface area contributed by atoms with E-state index in [1.807, 2.05) is 18.2 Å². The van der Waals surface area contributed by atoms with Crippen LogP contribution in [0.15, 0.2) is 48.5 Å². The smallest absolute Gasteiger partial charge is 0.305 e. The van der Waals surface area contributed by atoms with Crippen LogP contribution in [0.3, 0.4) is 0 Å². The molecule has 0 aliphatic heterocycles. The highest BCUT2D eigenvalue weighted by atomic mass is 35.5. The van der Waals surface area contributed by atoms with Crippen molar-refractivity contribution in [3.8, 4) is 0 Å². The SMILES string of the molecule is O=C(CCCC(=O)OCCCc1ccccc1)NCc1ccc(Cl)cc1Cl. The van der Waals surface area contributed by atoms with Gasteiger partial charge < -0.3 is 10.1 Å². The Kier molecular flexibility index (Phi) is 9.16. The Bertz CT molecular complexity index is 750. The molecule has 0 aliphatic carbocycles. The summed E-state index contributed by atoms with van der Waals surface area (Å²) in [5.41, 5.74) is 2.03. The number of nitrogens with one attached hydrogen (secondary N) is 1. The molecule has 2 aromatic carbocycles. The molecule has 0 saturated heterocycles. The van der Waals surface area contributed by atoms with Gasteiger partial charge in [0.25, 0.3) is 0 Å². The summed E-state index contributed by atoms with van der Waals surface area (Å²) in [6, 6.07) is 15.2. The summed E-state index contributed by atoms with van der Waals surface area (Å²) in [5, 5.41) is 3.85. The highest BCUT2D eigenvalue weighted by Gasteiger charge is 2.08. The summed E-state index contributed by atoms with van der Waals surface area (Å²) in [5.74, 6) is -0.394. The average Bonchev–Trinajstić information content (AvgIpc) is 2.65. The van der Waals surface area contributed by atoms with Gasteiger partial charge in [0.15, 0.2) is 0 Å². The van der Waals surface area contributed by atoms with Crippen molar-refractivity contribution in [3.63, 3.8) is 0 Å². The number of hydrogen-bond acceptors (Lipinski definition) is 3. The maximum atomic E-state index is 11.9. The summed E-state index contributed by atoms with van der Waals surface area (Å²) in [6.45, 7) is 0.730. The van der Waals surface area contributed by atoms with Crippen LogP contribution in [0, 0.1) is 0 Å². The van der Waals surface area contributed by atoms with E-state index in [0.717, 1.165) is 18.4 Å². The van der Waals surface area contributed by atoms with Crippen LogP contribution < -0.4 is 5.32 Å². The Morgan fingerprint density at radius 3 is 2.48 bits per heavy atom. The van der Waals surface area contributed by atoms with E-state index in [2.05, 4.69) is 17.4 Å². The molecule has 6 heteroatoms. The van der Waals surface area contributed by atoms with Crippen molar-refractivity contribution in [1.29, 1.82) is 0 Å². The van der Waals surface area contributed by atoms with Gasteiger partial charge in [0.1, 0.15) is 0 Å². The molecule has 0 saturated carbocycles. The van der Waals surface area contributed by atoms with Gasteiger partial charge in [-0.2, -0.15) is 0 Å². The monoisotopic (exact) mass is 407 g/mol. The van der Waals surface area contributed by atoms with E-state index in [4.69, 9.17) is 27.9 Å². The molecule has 27 heavy (non-hydrogen) atoms. The van der Waals surface area contributed by atoms with Gasteiger partial charge in [-0.1, -0.05) is 59.6 Å². The molecule has 4 nitrogen and oxygen atoms in total. The van der Waals surface area contributed by atoms with Crippen LogP contribution in [-0.2, 0) is 27.3 Å². The first kappa shape index (κ1) is 21.3. The second-order valence-electron chi connectivity index (χ2n) is 6.18. The van der Waals surface area contributed by atoms with Crippen molar-refractivity contribution in [2.24, 2.45) is 0 Å². The van der Waals surface area contributed by atoms with Crippen LogP contribution in [0.5, 0.6) is 0 Å². The zero-order valence-corrected chi connectivity index (χ0v) is 16.6. The molecule has 0 atom stereocenters. The Balaban J connectivity index is 1.54. The Morgan fingerprint density at radius 2 is 1.74 bits per heavy atom. The van der Waals surface area contributed by atoms with E-state index in [1.165, 1.54) is 5.56 Å². The quantitative estimate of drug-likeness (QED) is 0.447. The van der Waals surface area contributed by atoms with Crippen molar-refractivity contribution in [3.05, 3.63) is 69.7 Å². The van der Waals surface area contributed by atoms with Crippen molar-refractivity contribution in [2.45, 2.75) is 38.6 Å². The summed E-state index contributed by atoms with van der Waals surface area (Å²) in [7, 11) is 0. The van der Waals surface area contributed by atoms with E-state index in [-0.39, 0.29) is 24.7 Å². The number of carbonyl (C=O) groups excluding carboxylic acids is 2. The van der Waals surface area contributed by atoms with Crippen LogP contribution in [0.1, 0.15) is 36.8 Å². The van der Waals surface area contributed by atoms with Gasteiger partial charge >= 0.3 is 5.97 Å². The molecule has 0 bridgehead atoms. The van der Waals surface area contributed by atoms with Gasteiger partial charge in [0.2, 0.25) is 5.91 Å². The molecule has 144 valence electrons. The molecule has 2 aromatic rings. The molecular weight excluding hydrogens is 385 g/mol. The maximum absolute atomic E-state index is 11.9. The van der Waals surface area contributed by atoms with Crippen molar-refractivity contribution < 1.29 is 14.3 Å². The summed E-state index contributed by atoms with van der Waals surface area (Å²) >= 11 is 11.9. The Morgan fingerprint density at radius 1 is 0.963 bits per heavy atom. The number of aryl methyl sites for hydroxylation is 1. The Hall–Kier alpha value is -2.04. The van der Waals surface area contributed by atoms with E-state index >= 15 is 0 Å². The molecule has 0 fully saturated rings. The van der Waals surface area contributed by atoms with E-state index in [9.17, 15) is 9.59 Å². The van der Waals surface area contributed by atoms with Gasteiger partial charge in [-0.3, -0.25) is 9.59 Å². The summed E-state index contributed by atoms with van der Waals surface area (Å²) < 4.78 is 5.20. The number of esters is 1. The lowest BCUT2D eigenvalue weighted by Gasteiger charge is -2.08. The molecule has 0 heterocycles. The minimum Gasteiger partial charge on any atom is -0.466 e.